The fourth-order valence-corrected chi connectivity index (χ4v) is 6.35. The predicted molar refractivity (Wildman–Crippen MR) is 88.6 cm³/mol. The molecule has 0 bridgehead atoms. The number of fused-ring (bicyclic) bond motifs is 5. The van der Waals surface area contributed by atoms with Crippen LogP contribution in [0.5, 0.6) is 0 Å². The zero-order valence-corrected chi connectivity index (χ0v) is 14.4. The van der Waals surface area contributed by atoms with Crippen LogP contribution in [-0.2, 0) is 4.79 Å². The SMILES string of the molecule is C[C@]12CCC(=O)C=C1C=C[C@@H]1[C@@H]2[C@H](O)C[C@]2(C)[C@H]1CC[C@]2(C)O. The Morgan fingerprint density at radius 1 is 1.22 bits per heavy atom. The van der Waals surface area contributed by atoms with E-state index in [0.717, 1.165) is 24.8 Å². The second-order valence-electron chi connectivity index (χ2n) is 9.05. The summed E-state index contributed by atoms with van der Waals surface area (Å²) in [7, 11) is 0. The largest absolute Gasteiger partial charge is 0.393 e. The first kappa shape index (κ1) is 15.6. The molecule has 126 valence electrons. The first-order valence-corrected chi connectivity index (χ1v) is 9.03. The number of hydrogen-bond acceptors (Lipinski definition) is 3. The Bertz CT molecular complexity index is 616. The van der Waals surface area contributed by atoms with Gasteiger partial charge in [-0.3, -0.25) is 4.79 Å². The van der Waals surface area contributed by atoms with Crippen LogP contribution in [-0.4, -0.2) is 27.7 Å². The van der Waals surface area contributed by atoms with E-state index in [1.54, 1.807) is 6.08 Å². The van der Waals surface area contributed by atoms with E-state index in [4.69, 9.17) is 0 Å². The monoisotopic (exact) mass is 316 g/mol. The van der Waals surface area contributed by atoms with Crippen LogP contribution in [0.4, 0.5) is 0 Å². The minimum atomic E-state index is -0.697. The molecule has 0 amide bonds. The average Bonchev–Trinajstić information content (AvgIpc) is 2.69. The number of aliphatic hydroxyl groups excluding tert-OH is 1. The number of rotatable bonds is 0. The van der Waals surface area contributed by atoms with E-state index in [0.29, 0.717) is 24.7 Å². The lowest BCUT2D eigenvalue weighted by Gasteiger charge is -2.58. The van der Waals surface area contributed by atoms with Crippen LogP contribution in [0, 0.1) is 28.6 Å². The van der Waals surface area contributed by atoms with Crippen molar-refractivity contribution < 1.29 is 15.0 Å². The van der Waals surface area contributed by atoms with Crippen LogP contribution < -0.4 is 0 Å². The molecule has 0 spiro atoms. The number of hydrogen-bond donors (Lipinski definition) is 2. The molecule has 0 unspecified atom stereocenters. The van der Waals surface area contributed by atoms with Crippen LogP contribution in [0.25, 0.3) is 0 Å². The van der Waals surface area contributed by atoms with E-state index < -0.39 is 11.7 Å². The molecule has 0 radical (unpaired) electrons. The Labute approximate surface area is 138 Å². The van der Waals surface area contributed by atoms with Gasteiger partial charge in [0.15, 0.2) is 5.78 Å². The lowest BCUT2D eigenvalue weighted by molar-refractivity contribution is -0.150. The van der Waals surface area contributed by atoms with Crippen molar-refractivity contribution >= 4 is 5.78 Å². The summed E-state index contributed by atoms with van der Waals surface area (Å²) >= 11 is 0. The molecule has 4 aliphatic rings. The maximum atomic E-state index is 11.8. The summed E-state index contributed by atoms with van der Waals surface area (Å²) in [6.45, 7) is 6.33. The maximum absolute atomic E-state index is 11.8. The third kappa shape index (κ3) is 1.87. The fourth-order valence-electron chi connectivity index (χ4n) is 6.35. The third-order valence-corrected chi connectivity index (χ3v) is 8.02. The Balaban J connectivity index is 1.81. The van der Waals surface area contributed by atoms with Gasteiger partial charge < -0.3 is 10.2 Å². The van der Waals surface area contributed by atoms with Gasteiger partial charge in [0, 0.05) is 17.8 Å². The Morgan fingerprint density at radius 3 is 2.70 bits per heavy atom. The van der Waals surface area contributed by atoms with Crippen LogP contribution in [0.3, 0.4) is 0 Å². The number of aliphatic hydroxyl groups is 2. The predicted octanol–water partition coefficient (Wildman–Crippen LogP) is 3.02. The lowest BCUT2D eigenvalue weighted by Crippen LogP contribution is -2.58. The van der Waals surface area contributed by atoms with Gasteiger partial charge in [-0.25, -0.2) is 0 Å². The standard InChI is InChI=1S/C20H28O3/c1-18-8-6-13(21)10-12(18)4-5-14-15-7-9-20(3,23)19(15,2)11-16(22)17(14)18/h4-5,10,14-17,22-23H,6-9,11H2,1-3H3/t14-,15-,16+,17+,18-,19+,20-/m0/s1. The molecule has 2 saturated carbocycles. The molecular weight excluding hydrogens is 288 g/mol. The fraction of sp³-hybridized carbons (Fsp3) is 0.750. The van der Waals surface area contributed by atoms with Crippen molar-refractivity contribution in [3.05, 3.63) is 23.8 Å². The maximum Gasteiger partial charge on any atom is 0.156 e. The summed E-state index contributed by atoms with van der Waals surface area (Å²) in [6, 6.07) is 0. The van der Waals surface area contributed by atoms with Crippen LogP contribution in [0.15, 0.2) is 23.8 Å². The van der Waals surface area contributed by atoms with E-state index in [9.17, 15) is 15.0 Å². The average molecular weight is 316 g/mol. The number of carbonyl (C=O) groups is 1. The number of ketones is 1. The second-order valence-corrected chi connectivity index (χ2v) is 9.05. The third-order valence-electron chi connectivity index (χ3n) is 8.02. The van der Waals surface area contributed by atoms with E-state index >= 15 is 0 Å². The molecule has 0 aromatic carbocycles. The second kappa shape index (κ2) is 4.58. The molecule has 0 aliphatic heterocycles. The molecule has 2 fully saturated rings. The van der Waals surface area contributed by atoms with Crippen molar-refractivity contribution in [3.8, 4) is 0 Å². The van der Waals surface area contributed by atoms with Gasteiger partial charge in [0.05, 0.1) is 11.7 Å². The highest BCUT2D eigenvalue weighted by Crippen LogP contribution is 2.65. The van der Waals surface area contributed by atoms with Crippen molar-refractivity contribution in [3.63, 3.8) is 0 Å². The van der Waals surface area contributed by atoms with Crippen molar-refractivity contribution in [2.24, 2.45) is 28.6 Å². The van der Waals surface area contributed by atoms with Gasteiger partial charge >= 0.3 is 0 Å². The Kier molecular flexibility index (Phi) is 3.10. The zero-order valence-electron chi connectivity index (χ0n) is 14.4. The highest BCUT2D eigenvalue weighted by molar-refractivity contribution is 5.92. The van der Waals surface area contributed by atoms with Gasteiger partial charge in [-0.05, 0) is 61.5 Å². The number of carbonyl (C=O) groups excluding carboxylic acids is 1. The molecule has 0 aromatic rings. The minimum absolute atomic E-state index is 0.109. The molecule has 4 rings (SSSR count). The van der Waals surface area contributed by atoms with E-state index in [1.165, 1.54) is 0 Å². The molecule has 0 heterocycles. The minimum Gasteiger partial charge on any atom is -0.393 e. The highest BCUT2D eigenvalue weighted by Gasteiger charge is 2.64. The van der Waals surface area contributed by atoms with Gasteiger partial charge in [-0.15, -0.1) is 0 Å². The molecule has 0 saturated heterocycles. The van der Waals surface area contributed by atoms with Crippen LogP contribution >= 0.6 is 0 Å². The van der Waals surface area contributed by atoms with Gasteiger partial charge in [0.1, 0.15) is 0 Å². The quantitative estimate of drug-likeness (QED) is 0.722. The summed E-state index contributed by atoms with van der Waals surface area (Å²) in [4.78, 5) is 11.8. The van der Waals surface area contributed by atoms with Crippen LogP contribution in [0.2, 0.25) is 0 Å². The Hall–Kier alpha value is -0.930. The molecule has 23 heavy (non-hydrogen) atoms. The van der Waals surface area contributed by atoms with Gasteiger partial charge in [-0.2, -0.15) is 0 Å². The summed E-state index contributed by atoms with van der Waals surface area (Å²) in [5.74, 6) is 1.09. The van der Waals surface area contributed by atoms with Gasteiger partial charge in [0.2, 0.25) is 0 Å². The van der Waals surface area contributed by atoms with Gasteiger partial charge in [0.25, 0.3) is 0 Å². The molecule has 3 nitrogen and oxygen atoms in total. The van der Waals surface area contributed by atoms with Crippen molar-refractivity contribution in [1.29, 1.82) is 0 Å². The molecule has 0 aromatic heterocycles. The summed E-state index contributed by atoms with van der Waals surface area (Å²) in [5, 5.41) is 22.0. The lowest BCUT2D eigenvalue weighted by atomic mass is 9.47. The smallest absolute Gasteiger partial charge is 0.156 e. The van der Waals surface area contributed by atoms with Gasteiger partial charge in [-0.1, -0.05) is 26.0 Å². The van der Waals surface area contributed by atoms with Crippen molar-refractivity contribution in [2.45, 2.75) is 64.6 Å². The first-order valence-electron chi connectivity index (χ1n) is 9.03. The highest BCUT2D eigenvalue weighted by atomic mass is 16.3. The van der Waals surface area contributed by atoms with Crippen LogP contribution in [0.1, 0.15) is 52.9 Å². The van der Waals surface area contributed by atoms with Crippen molar-refractivity contribution in [1.82, 2.24) is 0 Å². The summed E-state index contributed by atoms with van der Waals surface area (Å²) < 4.78 is 0. The first-order chi connectivity index (χ1) is 10.7. The topological polar surface area (TPSA) is 57.5 Å². The summed E-state index contributed by atoms with van der Waals surface area (Å²) in [5.41, 5.74) is 0.0712. The van der Waals surface area contributed by atoms with E-state index in [-0.39, 0.29) is 22.5 Å². The zero-order chi connectivity index (χ0) is 16.6. The van der Waals surface area contributed by atoms with E-state index in [1.807, 2.05) is 6.92 Å². The van der Waals surface area contributed by atoms with E-state index in [2.05, 4.69) is 26.0 Å². The molecule has 2 N–H and O–H groups in total. The number of allylic oxidation sites excluding steroid dienone is 4. The molecular formula is C20H28O3. The Morgan fingerprint density at radius 2 is 1.96 bits per heavy atom. The molecule has 7 atom stereocenters. The summed E-state index contributed by atoms with van der Waals surface area (Å²) in [6.07, 6.45) is 9.65. The normalized spacial score (nSPS) is 55.0. The van der Waals surface area contributed by atoms with Crippen molar-refractivity contribution in [2.75, 3.05) is 0 Å². The molecule has 3 heteroatoms. The molecule has 4 aliphatic carbocycles.